The van der Waals surface area contributed by atoms with E-state index in [1.165, 1.54) is 41.8 Å². The van der Waals surface area contributed by atoms with E-state index in [0.29, 0.717) is 11.6 Å². The van der Waals surface area contributed by atoms with E-state index in [2.05, 4.69) is 32.9 Å². The van der Waals surface area contributed by atoms with Gasteiger partial charge in [0.15, 0.2) is 5.65 Å². The first-order valence-electron chi connectivity index (χ1n) is 12.7. The van der Waals surface area contributed by atoms with E-state index in [4.69, 9.17) is 9.82 Å². The molecule has 6 rings (SSSR count). The molecule has 0 fully saturated rings. The number of anilines is 2. The number of pyridine rings is 2. The lowest BCUT2D eigenvalue weighted by Gasteiger charge is -2.15. The number of fused-ring (bicyclic) bond motifs is 2. The number of aryl methyl sites for hydroxylation is 2. The highest BCUT2D eigenvalue weighted by molar-refractivity contribution is 5.96. The van der Waals surface area contributed by atoms with Crippen molar-refractivity contribution >= 4 is 28.6 Å². The topological polar surface area (TPSA) is 111 Å². The van der Waals surface area contributed by atoms with Gasteiger partial charge in [-0.25, -0.2) is 10.5 Å². The number of nitrogens with one attached hydrogen (secondary N) is 2. The Balaban J connectivity index is 1.37. The van der Waals surface area contributed by atoms with Crippen LogP contribution in [0.5, 0.6) is 0 Å². The Morgan fingerprint density at radius 2 is 1.77 bits per heavy atom. The van der Waals surface area contributed by atoms with Crippen molar-refractivity contribution in [2.24, 2.45) is 0 Å². The molecular formula is C30H26N6O3. The molecular weight excluding hydrogens is 492 g/mol. The molecule has 5 aromatic rings. The van der Waals surface area contributed by atoms with Crippen molar-refractivity contribution in [2.75, 3.05) is 12.4 Å². The molecule has 0 atom stereocenters. The van der Waals surface area contributed by atoms with Gasteiger partial charge in [-0.15, -0.1) is 0 Å². The van der Waals surface area contributed by atoms with Crippen molar-refractivity contribution in [1.29, 1.82) is 0 Å². The highest BCUT2D eigenvalue weighted by atomic mass is 16.6. The Morgan fingerprint density at radius 1 is 1.00 bits per heavy atom. The molecule has 0 unspecified atom stereocenters. The first-order valence-corrected chi connectivity index (χ1v) is 12.7. The first-order chi connectivity index (χ1) is 19.1. The average molecular weight is 519 g/mol. The van der Waals surface area contributed by atoms with Gasteiger partial charge in [0, 0.05) is 36.2 Å². The Kier molecular flexibility index (Phi) is 6.56. The molecule has 194 valence electrons. The lowest BCUT2D eigenvalue weighted by molar-refractivity contribution is 0.0536. The Morgan fingerprint density at radius 3 is 2.56 bits per heavy atom. The summed E-state index contributed by atoms with van der Waals surface area (Å²) in [5, 5.41) is 3.47. The molecule has 9 nitrogen and oxygen atoms in total. The van der Waals surface area contributed by atoms with Crippen LogP contribution in [0.2, 0.25) is 0 Å². The van der Waals surface area contributed by atoms with E-state index in [1.807, 2.05) is 42.5 Å². The maximum absolute atomic E-state index is 13.2. The second-order valence-electron chi connectivity index (χ2n) is 9.47. The minimum atomic E-state index is -0.631. The molecule has 0 bridgehead atoms. The van der Waals surface area contributed by atoms with Gasteiger partial charge in [-0.2, -0.15) is 4.98 Å². The van der Waals surface area contributed by atoms with Crippen molar-refractivity contribution in [3.05, 3.63) is 117 Å². The van der Waals surface area contributed by atoms with Gasteiger partial charge in [-0.1, -0.05) is 18.2 Å². The predicted molar refractivity (Wildman–Crippen MR) is 148 cm³/mol. The van der Waals surface area contributed by atoms with Gasteiger partial charge < -0.3 is 9.88 Å². The van der Waals surface area contributed by atoms with Crippen molar-refractivity contribution in [1.82, 2.24) is 25.0 Å². The molecule has 3 aromatic heterocycles. The Labute approximate surface area is 224 Å². The third kappa shape index (κ3) is 4.99. The summed E-state index contributed by atoms with van der Waals surface area (Å²) in [6, 6.07) is 18.2. The molecule has 0 saturated carbocycles. The average Bonchev–Trinajstić information content (AvgIpc) is 3.43. The molecule has 0 aliphatic heterocycles. The molecule has 1 amide bonds. The van der Waals surface area contributed by atoms with Crippen LogP contribution in [-0.2, 0) is 24.1 Å². The monoisotopic (exact) mass is 518 g/mol. The largest absolute Gasteiger partial charge is 0.324 e. The first kappa shape index (κ1) is 24.4. The fraction of sp³-hybridized carbons (Fsp3) is 0.167. The van der Waals surface area contributed by atoms with Crippen LogP contribution in [-0.4, -0.2) is 32.5 Å². The number of nitrogens with zero attached hydrogens (tertiary/aromatic N) is 4. The zero-order valence-corrected chi connectivity index (χ0v) is 21.3. The fourth-order valence-electron chi connectivity index (χ4n) is 4.96. The molecule has 0 saturated heterocycles. The number of carbonyl (C=O) groups excluding carboxylic acids is 1. The van der Waals surface area contributed by atoms with Crippen LogP contribution in [0.4, 0.5) is 11.6 Å². The summed E-state index contributed by atoms with van der Waals surface area (Å²) < 4.78 is 1.77. The summed E-state index contributed by atoms with van der Waals surface area (Å²) in [6.07, 6.45) is 10.5. The number of hydrogen-bond donors (Lipinski definition) is 2. The quantitative estimate of drug-likeness (QED) is 0.309. The summed E-state index contributed by atoms with van der Waals surface area (Å²) in [7, 11) is 1.32. The summed E-state index contributed by atoms with van der Waals surface area (Å²) in [6.45, 7) is 0. The van der Waals surface area contributed by atoms with Gasteiger partial charge >= 0.3 is 0 Å². The van der Waals surface area contributed by atoms with Crippen molar-refractivity contribution in [2.45, 2.75) is 25.7 Å². The lowest BCUT2D eigenvalue weighted by atomic mass is 10.1. The number of benzene rings is 2. The maximum atomic E-state index is 13.2. The lowest BCUT2D eigenvalue weighted by Crippen LogP contribution is -2.29. The molecule has 2 N–H and O–H groups in total. The summed E-state index contributed by atoms with van der Waals surface area (Å²) >= 11 is 0. The van der Waals surface area contributed by atoms with Crippen LogP contribution in [0.3, 0.4) is 0 Å². The van der Waals surface area contributed by atoms with Crippen LogP contribution < -0.4 is 16.2 Å². The van der Waals surface area contributed by atoms with Gasteiger partial charge in [0.25, 0.3) is 5.91 Å². The van der Waals surface area contributed by atoms with Gasteiger partial charge in [0.05, 0.1) is 12.5 Å². The molecule has 0 radical (unpaired) electrons. The van der Waals surface area contributed by atoms with Gasteiger partial charge in [0.2, 0.25) is 11.4 Å². The number of amides is 1. The Hall–Kier alpha value is -4.89. The van der Waals surface area contributed by atoms with E-state index >= 15 is 0 Å². The normalized spacial score (nSPS) is 12.3. The number of hydroxylamine groups is 1. The van der Waals surface area contributed by atoms with Crippen LogP contribution in [0.1, 0.15) is 39.0 Å². The van der Waals surface area contributed by atoms with Crippen LogP contribution in [0.15, 0.2) is 84.2 Å². The SMILES string of the molecule is CONC(=O)c1cn(-c2ccc3c(c2)CCC3)c2nc(Nc3ccc(Cc4ccncc4)cc3)ncc2c1=O. The number of hydrogen-bond acceptors (Lipinski definition) is 7. The van der Waals surface area contributed by atoms with Gasteiger partial charge in [0.1, 0.15) is 5.56 Å². The second-order valence-corrected chi connectivity index (χ2v) is 9.47. The third-order valence-corrected chi connectivity index (χ3v) is 6.91. The van der Waals surface area contributed by atoms with Gasteiger partial charge in [-0.05, 0) is 84.3 Å². The maximum Gasteiger partial charge on any atom is 0.280 e. The van der Waals surface area contributed by atoms with E-state index < -0.39 is 11.3 Å². The molecule has 9 heteroatoms. The molecule has 1 aliphatic rings. The molecule has 1 aliphatic carbocycles. The minimum absolute atomic E-state index is 0.0565. The number of rotatable bonds is 7. The third-order valence-electron chi connectivity index (χ3n) is 6.91. The number of carbonyl (C=O) groups is 1. The smallest absolute Gasteiger partial charge is 0.280 e. The van der Waals surface area contributed by atoms with Crippen LogP contribution in [0.25, 0.3) is 16.7 Å². The molecule has 3 heterocycles. The van der Waals surface area contributed by atoms with Crippen molar-refractivity contribution in [3.8, 4) is 5.69 Å². The van der Waals surface area contributed by atoms with E-state index in [1.54, 1.807) is 17.0 Å². The number of aromatic nitrogens is 4. The fourth-order valence-corrected chi connectivity index (χ4v) is 4.96. The highest BCUT2D eigenvalue weighted by Gasteiger charge is 2.19. The van der Waals surface area contributed by atoms with Crippen molar-refractivity contribution in [3.63, 3.8) is 0 Å². The molecule has 2 aromatic carbocycles. The van der Waals surface area contributed by atoms with E-state index in [9.17, 15) is 9.59 Å². The van der Waals surface area contributed by atoms with E-state index in [0.717, 1.165) is 37.1 Å². The van der Waals surface area contributed by atoms with E-state index in [-0.39, 0.29) is 10.9 Å². The predicted octanol–water partition coefficient (Wildman–Crippen LogP) is 4.29. The summed E-state index contributed by atoms with van der Waals surface area (Å²) in [4.78, 5) is 43.8. The van der Waals surface area contributed by atoms with Crippen LogP contribution in [0, 0.1) is 0 Å². The summed E-state index contributed by atoms with van der Waals surface area (Å²) in [5.74, 6) is -0.291. The van der Waals surface area contributed by atoms with Crippen molar-refractivity contribution < 1.29 is 9.63 Å². The van der Waals surface area contributed by atoms with Gasteiger partial charge in [-0.3, -0.25) is 19.4 Å². The highest BCUT2D eigenvalue weighted by Crippen LogP contribution is 2.26. The standard InChI is InChI=1S/C30H26N6O3/c1-39-35-29(38)26-18-36(24-10-7-21-3-2-4-22(21)16-24)28-25(27(26)37)17-32-30(34-28)33-23-8-5-19(6-9-23)15-20-11-13-31-14-12-20/h5-14,16-18H,2-4,15H2,1H3,(H,35,38)(H,32,33,34). The Bertz CT molecular complexity index is 1730. The zero-order chi connectivity index (χ0) is 26.8. The minimum Gasteiger partial charge on any atom is -0.324 e. The second kappa shape index (κ2) is 10.5. The molecule has 39 heavy (non-hydrogen) atoms. The molecule has 0 spiro atoms. The van der Waals surface area contributed by atoms with Crippen LogP contribution >= 0.6 is 0 Å². The summed E-state index contributed by atoms with van der Waals surface area (Å²) in [5.41, 5.74) is 8.69. The zero-order valence-electron chi connectivity index (χ0n) is 21.3.